The average Bonchev–Trinajstić information content (AvgIpc) is 2.01. The molecule has 0 aliphatic carbocycles. The zero-order valence-corrected chi connectivity index (χ0v) is 8.60. The third-order valence-electron chi connectivity index (χ3n) is 1.52. The van der Waals surface area contributed by atoms with Gasteiger partial charge in [-0.25, -0.2) is 4.98 Å². The van der Waals surface area contributed by atoms with E-state index in [1.165, 1.54) is 0 Å². The van der Waals surface area contributed by atoms with Gasteiger partial charge in [-0.1, -0.05) is 12.2 Å². The molecule has 1 rings (SSSR count). The normalized spacial score (nSPS) is 9.50. The molecule has 0 aromatic carbocycles. The number of aryl methyl sites for hydroxylation is 1. The van der Waals surface area contributed by atoms with Crippen LogP contribution in [-0.4, -0.2) is 15.9 Å². The summed E-state index contributed by atoms with van der Waals surface area (Å²) < 4.78 is 0. The highest BCUT2D eigenvalue weighted by atomic mass is 32.1. The Morgan fingerprint density at radius 3 is 3.00 bits per heavy atom. The summed E-state index contributed by atoms with van der Waals surface area (Å²) >= 11 is 4.61. The molecule has 14 heavy (non-hydrogen) atoms. The van der Waals surface area contributed by atoms with Crippen molar-refractivity contribution < 1.29 is 4.79 Å². The summed E-state index contributed by atoms with van der Waals surface area (Å²) in [6, 6.07) is 3.63. The Bertz CT molecular complexity index is 365. The molecule has 0 aliphatic heterocycles. The topological polar surface area (TPSA) is 68.0 Å². The van der Waals surface area contributed by atoms with E-state index in [-0.39, 0.29) is 17.3 Å². The Hall–Kier alpha value is -1.49. The molecule has 0 fully saturated rings. The van der Waals surface area contributed by atoms with Crippen LogP contribution >= 0.6 is 12.2 Å². The van der Waals surface area contributed by atoms with Gasteiger partial charge in [0.15, 0.2) is 0 Å². The summed E-state index contributed by atoms with van der Waals surface area (Å²) in [5, 5.41) is 2.60. The Labute approximate surface area is 87.5 Å². The number of rotatable bonds is 3. The lowest BCUT2D eigenvalue weighted by Crippen LogP contribution is -2.20. The average molecular weight is 209 g/mol. The summed E-state index contributed by atoms with van der Waals surface area (Å²) in [7, 11) is 0. The van der Waals surface area contributed by atoms with Gasteiger partial charge in [0, 0.05) is 6.20 Å². The monoisotopic (exact) mass is 209 g/mol. The number of nitrogens with one attached hydrogen (secondary N) is 1. The van der Waals surface area contributed by atoms with E-state index in [1.807, 2.05) is 13.0 Å². The molecule has 0 spiro atoms. The molecule has 0 saturated heterocycles. The van der Waals surface area contributed by atoms with Crippen molar-refractivity contribution in [2.45, 2.75) is 13.3 Å². The van der Waals surface area contributed by atoms with Gasteiger partial charge in [-0.2, -0.15) is 0 Å². The molecule has 0 radical (unpaired) electrons. The largest absolute Gasteiger partial charge is 0.393 e. The zero-order valence-electron chi connectivity index (χ0n) is 7.78. The quantitative estimate of drug-likeness (QED) is 0.729. The zero-order chi connectivity index (χ0) is 10.6. The van der Waals surface area contributed by atoms with Gasteiger partial charge in [0.2, 0.25) is 5.91 Å². The molecule has 1 aromatic rings. The maximum atomic E-state index is 11.2. The van der Waals surface area contributed by atoms with Crippen LogP contribution in [0.15, 0.2) is 18.3 Å². The molecule has 1 heterocycles. The fourth-order valence-electron chi connectivity index (χ4n) is 0.950. The van der Waals surface area contributed by atoms with Crippen molar-refractivity contribution in [2.24, 2.45) is 5.73 Å². The van der Waals surface area contributed by atoms with Gasteiger partial charge >= 0.3 is 0 Å². The number of amides is 1. The third kappa shape index (κ3) is 3.49. The van der Waals surface area contributed by atoms with Crippen molar-refractivity contribution >= 4 is 28.9 Å². The van der Waals surface area contributed by atoms with Crippen molar-refractivity contribution in [3.8, 4) is 0 Å². The summed E-state index contributed by atoms with van der Waals surface area (Å²) in [4.78, 5) is 15.4. The smallest absolute Gasteiger partial charge is 0.232 e. The molecule has 5 heteroatoms. The minimum Gasteiger partial charge on any atom is -0.393 e. The van der Waals surface area contributed by atoms with Gasteiger partial charge < -0.3 is 11.1 Å². The third-order valence-corrected chi connectivity index (χ3v) is 1.66. The molecule has 0 unspecified atom stereocenters. The Balaban J connectivity index is 2.60. The van der Waals surface area contributed by atoms with E-state index in [2.05, 4.69) is 22.5 Å². The molecule has 74 valence electrons. The van der Waals surface area contributed by atoms with Crippen LogP contribution in [0, 0.1) is 6.92 Å². The summed E-state index contributed by atoms with van der Waals surface area (Å²) in [6.45, 7) is 1.92. The van der Waals surface area contributed by atoms with Crippen LogP contribution < -0.4 is 11.1 Å². The minimum absolute atomic E-state index is 0.0466. The van der Waals surface area contributed by atoms with Gasteiger partial charge in [0.25, 0.3) is 0 Å². The van der Waals surface area contributed by atoms with Gasteiger partial charge in [0.05, 0.1) is 11.4 Å². The maximum Gasteiger partial charge on any atom is 0.232 e. The number of nitrogens with two attached hydrogens (primary N) is 1. The first kappa shape index (κ1) is 10.6. The number of aromatic nitrogens is 1. The fraction of sp³-hybridized carbons (Fsp3) is 0.222. The second kappa shape index (κ2) is 4.66. The van der Waals surface area contributed by atoms with Crippen molar-refractivity contribution in [3.05, 3.63) is 23.9 Å². The first-order valence-corrected chi connectivity index (χ1v) is 4.49. The molecule has 0 saturated carbocycles. The van der Waals surface area contributed by atoms with Gasteiger partial charge in [-0.3, -0.25) is 4.79 Å². The second-order valence-corrected chi connectivity index (χ2v) is 3.43. The Kier molecular flexibility index (Phi) is 3.53. The maximum absolute atomic E-state index is 11.2. The number of pyridine rings is 1. The van der Waals surface area contributed by atoms with Gasteiger partial charge in [0.1, 0.15) is 5.82 Å². The summed E-state index contributed by atoms with van der Waals surface area (Å²) in [6.07, 6.45) is 1.68. The van der Waals surface area contributed by atoms with Crippen LogP contribution in [0.4, 0.5) is 5.82 Å². The van der Waals surface area contributed by atoms with Crippen molar-refractivity contribution in [2.75, 3.05) is 5.32 Å². The standard InChI is InChI=1S/C9H11N3OS/c1-6-2-3-11-8(4-6)12-9(13)5-7(10)14/h2-4H,5H2,1H3,(H2,10,14)(H,11,12,13). The highest BCUT2D eigenvalue weighted by Gasteiger charge is 2.04. The first-order chi connectivity index (χ1) is 6.58. The number of anilines is 1. The molecule has 0 atom stereocenters. The molecule has 1 amide bonds. The summed E-state index contributed by atoms with van der Waals surface area (Å²) in [5.74, 6) is 0.279. The van der Waals surface area contributed by atoms with Crippen LogP contribution in [0.3, 0.4) is 0 Å². The van der Waals surface area contributed by atoms with E-state index in [4.69, 9.17) is 5.73 Å². The molecule has 0 bridgehead atoms. The lowest BCUT2D eigenvalue weighted by molar-refractivity contribution is -0.115. The highest BCUT2D eigenvalue weighted by molar-refractivity contribution is 7.80. The van der Waals surface area contributed by atoms with E-state index >= 15 is 0 Å². The molecule has 1 aromatic heterocycles. The van der Waals surface area contributed by atoms with Gasteiger partial charge in [-0.15, -0.1) is 0 Å². The predicted molar refractivity (Wildman–Crippen MR) is 59.0 cm³/mol. The van der Waals surface area contributed by atoms with E-state index in [1.54, 1.807) is 12.3 Å². The number of carbonyl (C=O) groups is 1. The lowest BCUT2D eigenvalue weighted by atomic mass is 10.3. The molecule has 4 nitrogen and oxygen atoms in total. The molecule has 3 N–H and O–H groups in total. The van der Waals surface area contributed by atoms with Gasteiger partial charge in [-0.05, 0) is 24.6 Å². The number of hydrogen-bond acceptors (Lipinski definition) is 3. The van der Waals surface area contributed by atoms with Crippen molar-refractivity contribution in [1.82, 2.24) is 4.98 Å². The van der Waals surface area contributed by atoms with Crippen LogP contribution in [0.1, 0.15) is 12.0 Å². The van der Waals surface area contributed by atoms with Crippen LogP contribution in [0.25, 0.3) is 0 Å². The highest BCUT2D eigenvalue weighted by Crippen LogP contribution is 2.05. The molecule has 0 aliphatic rings. The van der Waals surface area contributed by atoms with Crippen molar-refractivity contribution in [3.63, 3.8) is 0 Å². The van der Waals surface area contributed by atoms with Crippen LogP contribution in [0.5, 0.6) is 0 Å². The lowest BCUT2D eigenvalue weighted by Gasteiger charge is -2.03. The predicted octanol–water partition coefficient (Wildman–Crippen LogP) is 1.00. The van der Waals surface area contributed by atoms with Crippen LogP contribution in [-0.2, 0) is 4.79 Å². The fourth-order valence-corrected chi connectivity index (χ4v) is 1.08. The second-order valence-electron chi connectivity index (χ2n) is 2.91. The Morgan fingerprint density at radius 1 is 1.71 bits per heavy atom. The first-order valence-electron chi connectivity index (χ1n) is 4.09. The van der Waals surface area contributed by atoms with Crippen LogP contribution in [0.2, 0.25) is 0 Å². The molecular weight excluding hydrogens is 198 g/mol. The van der Waals surface area contributed by atoms with E-state index < -0.39 is 0 Å². The summed E-state index contributed by atoms with van der Waals surface area (Å²) in [5.41, 5.74) is 6.26. The number of thiocarbonyl (C=S) groups is 1. The van der Waals surface area contributed by atoms with E-state index in [0.29, 0.717) is 5.82 Å². The molecular formula is C9H11N3OS. The number of carbonyl (C=O) groups excluding carboxylic acids is 1. The number of nitrogens with zero attached hydrogens (tertiary/aromatic N) is 1. The SMILES string of the molecule is Cc1ccnc(NC(=O)CC(N)=S)c1. The van der Waals surface area contributed by atoms with E-state index in [9.17, 15) is 4.79 Å². The minimum atomic E-state index is -0.240. The number of hydrogen-bond donors (Lipinski definition) is 2. The van der Waals surface area contributed by atoms with E-state index in [0.717, 1.165) is 5.56 Å². The Morgan fingerprint density at radius 2 is 2.43 bits per heavy atom. The van der Waals surface area contributed by atoms with Crippen molar-refractivity contribution in [1.29, 1.82) is 0 Å².